The second-order valence-electron chi connectivity index (χ2n) is 3.51. The van der Waals surface area contributed by atoms with Gasteiger partial charge < -0.3 is 14.6 Å². The highest BCUT2D eigenvalue weighted by Crippen LogP contribution is 2.07. The number of ether oxygens (including phenoxy) is 1. The molecule has 0 aromatic carbocycles. The Hall–Kier alpha value is -1.50. The fraction of sp³-hybridized carbons (Fsp3) is 0.667. The highest BCUT2D eigenvalue weighted by atomic mass is 16.5. The van der Waals surface area contributed by atoms with Crippen LogP contribution >= 0.6 is 0 Å². The van der Waals surface area contributed by atoms with Gasteiger partial charge in [-0.05, 0) is 19.3 Å². The van der Waals surface area contributed by atoms with E-state index in [9.17, 15) is 14.7 Å². The second kappa shape index (κ2) is 8.78. The normalized spacial score (nSPS) is 11.5. The molecule has 0 aromatic rings. The van der Waals surface area contributed by atoms with Crippen molar-refractivity contribution in [2.24, 2.45) is 0 Å². The lowest BCUT2D eigenvalue weighted by Crippen LogP contribution is -2.24. The van der Waals surface area contributed by atoms with Gasteiger partial charge in [0.25, 0.3) is 0 Å². The van der Waals surface area contributed by atoms with Crippen LogP contribution in [0.25, 0.3) is 0 Å². The largest absolute Gasteiger partial charge is 0.550 e. The van der Waals surface area contributed by atoms with E-state index in [0.29, 0.717) is 6.42 Å². The molecule has 4 nitrogen and oxygen atoms in total. The molecule has 0 aliphatic heterocycles. The number of rotatable bonds is 8. The van der Waals surface area contributed by atoms with Gasteiger partial charge in [-0.3, -0.25) is 4.79 Å². The number of esters is 1. The minimum absolute atomic E-state index is 0.186. The van der Waals surface area contributed by atoms with Gasteiger partial charge in [0.15, 0.2) is 6.10 Å². The SMILES string of the molecule is C#CC(CCCCC)OC(=O)CCC(=O)[O-]. The fourth-order valence-corrected chi connectivity index (χ4v) is 1.18. The lowest BCUT2D eigenvalue weighted by atomic mass is 10.1. The van der Waals surface area contributed by atoms with Crippen molar-refractivity contribution in [1.29, 1.82) is 0 Å². The molecule has 0 aliphatic carbocycles. The first-order valence-electron chi connectivity index (χ1n) is 5.45. The molecule has 0 radical (unpaired) electrons. The Balaban J connectivity index is 3.80. The minimum atomic E-state index is -1.26. The lowest BCUT2D eigenvalue weighted by molar-refractivity contribution is -0.305. The zero-order chi connectivity index (χ0) is 12.4. The van der Waals surface area contributed by atoms with Crippen molar-refractivity contribution in [1.82, 2.24) is 0 Å². The highest BCUT2D eigenvalue weighted by molar-refractivity contribution is 5.75. The predicted molar refractivity (Wildman–Crippen MR) is 57.1 cm³/mol. The third-order valence-electron chi connectivity index (χ3n) is 2.06. The monoisotopic (exact) mass is 225 g/mol. The molecule has 0 spiro atoms. The Bertz CT molecular complexity index is 265. The van der Waals surface area contributed by atoms with Gasteiger partial charge in [-0.25, -0.2) is 0 Å². The Morgan fingerprint density at radius 3 is 2.56 bits per heavy atom. The molecule has 0 saturated heterocycles. The number of carbonyl (C=O) groups is 2. The van der Waals surface area contributed by atoms with E-state index in [-0.39, 0.29) is 12.8 Å². The number of carbonyl (C=O) groups excluding carboxylic acids is 2. The summed E-state index contributed by atoms with van der Waals surface area (Å²) in [5.41, 5.74) is 0. The molecule has 0 fully saturated rings. The second-order valence-corrected chi connectivity index (χ2v) is 3.51. The predicted octanol–water partition coefficient (Wildman–Crippen LogP) is 0.642. The standard InChI is InChI=1S/C12H18O4/c1-3-5-6-7-10(4-2)16-12(15)9-8-11(13)14/h2,10H,3,5-9H2,1H3,(H,13,14)/p-1. The maximum atomic E-state index is 11.1. The van der Waals surface area contributed by atoms with Gasteiger partial charge in [0.2, 0.25) is 0 Å². The number of unbranched alkanes of at least 4 members (excludes halogenated alkanes) is 2. The molecule has 0 bridgehead atoms. The van der Waals surface area contributed by atoms with Crippen LogP contribution in [0.4, 0.5) is 0 Å². The first-order valence-corrected chi connectivity index (χ1v) is 5.45. The molecular formula is C12H17O4-. The summed E-state index contributed by atoms with van der Waals surface area (Å²) in [5, 5.41) is 10.1. The van der Waals surface area contributed by atoms with Gasteiger partial charge in [0.1, 0.15) is 0 Å². The van der Waals surface area contributed by atoms with Crippen LogP contribution in [-0.4, -0.2) is 18.0 Å². The van der Waals surface area contributed by atoms with Gasteiger partial charge in [-0.15, -0.1) is 6.42 Å². The van der Waals surface area contributed by atoms with Gasteiger partial charge in [0, 0.05) is 5.97 Å². The summed E-state index contributed by atoms with van der Waals surface area (Å²) in [5.74, 6) is 0.530. The van der Waals surface area contributed by atoms with Crippen molar-refractivity contribution in [3.05, 3.63) is 0 Å². The molecule has 4 heteroatoms. The lowest BCUT2D eigenvalue weighted by Gasteiger charge is -2.12. The molecule has 0 rings (SSSR count). The Kier molecular flexibility index (Phi) is 7.96. The van der Waals surface area contributed by atoms with Crippen LogP contribution in [0.15, 0.2) is 0 Å². The first kappa shape index (κ1) is 14.5. The Labute approximate surface area is 96.0 Å². The molecule has 0 aliphatic rings. The van der Waals surface area contributed by atoms with E-state index in [1.807, 2.05) is 0 Å². The summed E-state index contributed by atoms with van der Waals surface area (Å²) >= 11 is 0. The number of hydrogen-bond donors (Lipinski definition) is 0. The van der Waals surface area contributed by atoms with Crippen LogP contribution in [-0.2, 0) is 14.3 Å². The topological polar surface area (TPSA) is 66.4 Å². The molecule has 0 amide bonds. The fourth-order valence-electron chi connectivity index (χ4n) is 1.18. The molecule has 1 atom stereocenters. The van der Waals surface area contributed by atoms with E-state index < -0.39 is 18.0 Å². The minimum Gasteiger partial charge on any atom is -0.550 e. The Morgan fingerprint density at radius 2 is 2.06 bits per heavy atom. The molecule has 1 unspecified atom stereocenters. The summed E-state index contributed by atoms with van der Waals surface area (Å²) in [6.07, 6.45) is 7.78. The summed E-state index contributed by atoms with van der Waals surface area (Å²) in [7, 11) is 0. The van der Waals surface area contributed by atoms with Gasteiger partial charge in [0.05, 0.1) is 6.42 Å². The number of hydrogen-bond acceptors (Lipinski definition) is 4. The van der Waals surface area contributed by atoms with E-state index in [4.69, 9.17) is 11.2 Å². The van der Waals surface area contributed by atoms with Gasteiger partial charge in [-0.1, -0.05) is 25.7 Å². The van der Waals surface area contributed by atoms with Crippen molar-refractivity contribution < 1.29 is 19.4 Å². The molecule has 90 valence electrons. The van der Waals surface area contributed by atoms with E-state index in [1.165, 1.54) is 0 Å². The third kappa shape index (κ3) is 7.86. The average Bonchev–Trinajstić information content (AvgIpc) is 2.25. The molecule has 0 saturated carbocycles. The molecule has 16 heavy (non-hydrogen) atoms. The average molecular weight is 225 g/mol. The van der Waals surface area contributed by atoms with Crippen LogP contribution in [0.2, 0.25) is 0 Å². The maximum absolute atomic E-state index is 11.1. The summed E-state index contributed by atoms with van der Waals surface area (Å²) in [6, 6.07) is 0. The summed E-state index contributed by atoms with van der Waals surface area (Å²) < 4.78 is 4.93. The van der Waals surface area contributed by atoms with E-state index >= 15 is 0 Å². The van der Waals surface area contributed by atoms with Crippen molar-refractivity contribution in [2.45, 2.75) is 51.6 Å². The van der Waals surface area contributed by atoms with Crippen molar-refractivity contribution in [3.8, 4) is 12.3 Å². The Morgan fingerprint density at radius 1 is 1.38 bits per heavy atom. The van der Waals surface area contributed by atoms with Crippen LogP contribution in [0.1, 0.15) is 45.4 Å². The summed E-state index contributed by atoms with van der Waals surface area (Å²) in [6.45, 7) is 2.07. The zero-order valence-corrected chi connectivity index (χ0v) is 9.53. The first-order chi connectivity index (χ1) is 7.60. The van der Waals surface area contributed by atoms with Crippen molar-refractivity contribution in [2.75, 3.05) is 0 Å². The number of aliphatic carboxylic acids is 1. The van der Waals surface area contributed by atoms with Crippen molar-refractivity contribution >= 4 is 11.9 Å². The molecule has 0 N–H and O–H groups in total. The number of carboxylic acids is 1. The maximum Gasteiger partial charge on any atom is 0.307 e. The van der Waals surface area contributed by atoms with Gasteiger partial charge in [-0.2, -0.15) is 0 Å². The third-order valence-corrected chi connectivity index (χ3v) is 2.06. The van der Waals surface area contributed by atoms with E-state index in [0.717, 1.165) is 19.3 Å². The van der Waals surface area contributed by atoms with Crippen LogP contribution in [0.3, 0.4) is 0 Å². The van der Waals surface area contributed by atoms with E-state index in [2.05, 4.69) is 12.8 Å². The van der Waals surface area contributed by atoms with Gasteiger partial charge >= 0.3 is 5.97 Å². The smallest absolute Gasteiger partial charge is 0.307 e. The zero-order valence-electron chi connectivity index (χ0n) is 9.53. The van der Waals surface area contributed by atoms with Crippen LogP contribution in [0, 0.1) is 12.3 Å². The van der Waals surface area contributed by atoms with Crippen molar-refractivity contribution in [3.63, 3.8) is 0 Å². The summed E-state index contributed by atoms with van der Waals surface area (Å²) in [4.78, 5) is 21.3. The number of carboxylic acid groups (broad SMARTS) is 1. The van der Waals surface area contributed by atoms with Crippen LogP contribution < -0.4 is 5.11 Å². The molecular weight excluding hydrogens is 208 g/mol. The van der Waals surface area contributed by atoms with E-state index in [1.54, 1.807) is 0 Å². The highest BCUT2D eigenvalue weighted by Gasteiger charge is 2.11. The number of terminal acetylenes is 1. The van der Waals surface area contributed by atoms with Crippen LogP contribution in [0.5, 0.6) is 0 Å². The molecule has 0 heterocycles. The molecule has 0 aromatic heterocycles. The quantitative estimate of drug-likeness (QED) is 0.345.